The van der Waals surface area contributed by atoms with Crippen molar-refractivity contribution in [2.75, 3.05) is 12.3 Å². The zero-order chi connectivity index (χ0) is 16.7. The third kappa shape index (κ3) is 3.38. The molecule has 3 nitrogen and oxygen atoms in total. The van der Waals surface area contributed by atoms with Crippen LogP contribution in [0.2, 0.25) is 0 Å². The minimum atomic E-state index is -0.324. The van der Waals surface area contributed by atoms with Crippen molar-refractivity contribution in [3.05, 3.63) is 40.4 Å². The van der Waals surface area contributed by atoms with Crippen LogP contribution in [0, 0.1) is 0 Å². The lowest BCUT2D eigenvalue weighted by molar-refractivity contribution is 0.00578. The molecule has 1 saturated heterocycles. The predicted octanol–water partition coefficient (Wildman–Crippen LogP) is 3.28. The molecule has 0 aromatic heterocycles. The highest BCUT2D eigenvalue weighted by Gasteiger charge is 2.52. The van der Waals surface area contributed by atoms with Gasteiger partial charge in [0.25, 0.3) is 0 Å². The minimum absolute atomic E-state index is 0.318. The van der Waals surface area contributed by atoms with E-state index < -0.39 is 0 Å². The summed E-state index contributed by atoms with van der Waals surface area (Å²) in [7, 11) is -0.324. The Balaban J connectivity index is 1.85. The van der Waals surface area contributed by atoms with E-state index in [1.807, 2.05) is 0 Å². The van der Waals surface area contributed by atoms with Crippen LogP contribution < -0.4 is 5.32 Å². The van der Waals surface area contributed by atoms with E-state index in [1.165, 1.54) is 16.7 Å². The fourth-order valence-electron chi connectivity index (χ4n) is 2.98. The van der Waals surface area contributed by atoms with E-state index in [-0.39, 0.29) is 18.3 Å². The Kier molecular flexibility index (Phi) is 4.67. The second-order valence-electron chi connectivity index (χ2n) is 7.42. The summed E-state index contributed by atoms with van der Waals surface area (Å²) >= 11 is 4.49. The van der Waals surface area contributed by atoms with Crippen molar-refractivity contribution in [3.8, 4) is 0 Å². The topological polar surface area (TPSA) is 30.5 Å². The molecule has 2 aliphatic heterocycles. The Morgan fingerprint density at radius 3 is 2.57 bits per heavy atom. The van der Waals surface area contributed by atoms with Crippen LogP contribution in [0.1, 0.15) is 44.4 Å². The van der Waals surface area contributed by atoms with E-state index in [1.54, 1.807) is 0 Å². The number of nitrogens with one attached hydrogen (secondary N) is 1. The Labute approximate surface area is 145 Å². The number of benzene rings is 1. The Hall–Kier alpha value is -0.745. The molecule has 0 spiro atoms. The molecule has 124 valence electrons. The fourth-order valence-corrected chi connectivity index (χ4v) is 3.22. The molecule has 0 bridgehead atoms. The van der Waals surface area contributed by atoms with Gasteiger partial charge in [-0.3, -0.25) is 0 Å². The van der Waals surface area contributed by atoms with Crippen molar-refractivity contribution in [1.29, 1.82) is 0 Å². The van der Waals surface area contributed by atoms with Gasteiger partial charge in [0.05, 0.1) is 11.2 Å². The van der Waals surface area contributed by atoms with Crippen LogP contribution in [0.25, 0.3) is 6.08 Å². The molecular weight excluding hydrogens is 305 g/mol. The summed E-state index contributed by atoms with van der Waals surface area (Å²) in [6, 6.07) is 6.67. The molecule has 0 amide bonds. The highest BCUT2D eigenvalue weighted by atomic mass is 32.1. The number of rotatable bonds is 3. The Morgan fingerprint density at radius 2 is 1.91 bits per heavy atom. The maximum absolute atomic E-state index is 6.15. The third-order valence-electron chi connectivity index (χ3n) is 5.21. The van der Waals surface area contributed by atoms with Gasteiger partial charge in [-0.1, -0.05) is 24.3 Å². The van der Waals surface area contributed by atoms with E-state index in [4.69, 9.17) is 9.31 Å². The lowest BCUT2D eigenvalue weighted by Crippen LogP contribution is -2.41. The molecule has 1 fully saturated rings. The van der Waals surface area contributed by atoms with Crippen LogP contribution in [0.3, 0.4) is 0 Å². The van der Waals surface area contributed by atoms with Crippen molar-refractivity contribution in [2.24, 2.45) is 0 Å². The molecule has 2 heterocycles. The van der Waals surface area contributed by atoms with Crippen LogP contribution in [0.15, 0.2) is 23.7 Å². The normalized spacial score (nSPS) is 23.0. The fraction of sp³-hybridized carbons (Fsp3) is 0.556. The van der Waals surface area contributed by atoms with Crippen LogP contribution >= 0.6 is 12.6 Å². The van der Waals surface area contributed by atoms with E-state index >= 15 is 0 Å². The van der Waals surface area contributed by atoms with Crippen molar-refractivity contribution >= 4 is 25.8 Å². The van der Waals surface area contributed by atoms with Gasteiger partial charge in [-0.2, -0.15) is 12.6 Å². The largest absolute Gasteiger partial charge is 0.491 e. The summed E-state index contributed by atoms with van der Waals surface area (Å²) in [6.07, 6.45) is 3.25. The molecule has 23 heavy (non-hydrogen) atoms. The standard InChI is InChI=1S/C18H26BNO2S/c1-17(2)18(3,4)22-19(21-17)16(12-23)10-13-5-6-15-11-20-8-7-14(15)9-13/h5-6,9-10,20,23H,7-8,11-12H2,1-4H3. The lowest BCUT2D eigenvalue weighted by Gasteiger charge is -2.32. The summed E-state index contributed by atoms with van der Waals surface area (Å²) in [4.78, 5) is 0. The molecule has 1 aromatic carbocycles. The van der Waals surface area contributed by atoms with Crippen molar-refractivity contribution in [1.82, 2.24) is 5.32 Å². The average Bonchev–Trinajstić information content (AvgIpc) is 2.72. The summed E-state index contributed by atoms with van der Waals surface area (Å²) in [5.74, 6) is 0.621. The second-order valence-corrected chi connectivity index (χ2v) is 7.74. The molecule has 1 N–H and O–H groups in total. The van der Waals surface area contributed by atoms with E-state index in [9.17, 15) is 0 Å². The molecule has 0 unspecified atom stereocenters. The minimum Gasteiger partial charge on any atom is -0.400 e. The van der Waals surface area contributed by atoms with E-state index in [0.717, 1.165) is 25.0 Å². The monoisotopic (exact) mass is 331 g/mol. The van der Waals surface area contributed by atoms with E-state index in [2.05, 4.69) is 69.9 Å². The maximum atomic E-state index is 6.15. The van der Waals surface area contributed by atoms with Crippen LogP contribution in [0.5, 0.6) is 0 Å². The number of hydrogen-bond donors (Lipinski definition) is 2. The first-order valence-corrected chi connectivity index (χ1v) is 8.95. The van der Waals surface area contributed by atoms with Gasteiger partial charge in [0, 0.05) is 12.3 Å². The highest BCUT2D eigenvalue weighted by molar-refractivity contribution is 7.80. The van der Waals surface area contributed by atoms with Gasteiger partial charge < -0.3 is 14.6 Å². The van der Waals surface area contributed by atoms with Crippen molar-refractivity contribution in [3.63, 3.8) is 0 Å². The van der Waals surface area contributed by atoms with Gasteiger partial charge >= 0.3 is 7.12 Å². The smallest absolute Gasteiger partial charge is 0.400 e. The number of fused-ring (bicyclic) bond motifs is 1. The van der Waals surface area contributed by atoms with E-state index in [0.29, 0.717) is 5.75 Å². The van der Waals surface area contributed by atoms with Crippen LogP contribution in [-0.4, -0.2) is 30.6 Å². The summed E-state index contributed by atoms with van der Waals surface area (Å²) in [5.41, 5.74) is 4.47. The Bertz CT molecular complexity index is 611. The van der Waals surface area contributed by atoms with Crippen molar-refractivity contribution < 1.29 is 9.31 Å². The number of thiol groups is 1. The van der Waals surface area contributed by atoms with Gasteiger partial charge in [-0.25, -0.2) is 0 Å². The molecule has 0 saturated carbocycles. The van der Waals surface area contributed by atoms with Gasteiger partial charge in [0.2, 0.25) is 0 Å². The van der Waals surface area contributed by atoms with Crippen LogP contribution in [0.4, 0.5) is 0 Å². The first kappa shape index (κ1) is 17.1. The van der Waals surface area contributed by atoms with Gasteiger partial charge in [-0.15, -0.1) is 0 Å². The first-order chi connectivity index (χ1) is 10.8. The third-order valence-corrected chi connectivity index (χ3v) is 5.57. The molecule has 5 heteroatoms. The molecule has 0 atom stereocenters. The van der Waals surface area contributed by atoms with Gasteiger partial charge in [-0.05, 0) is 62.8 Å². The maximum Gasteiger partial charge on any atom is 0.491 e. The quantitative estimate of drug-likeness (QED) is 0.658. The zero-order valence-electron chi connectivity index (χ0n) is 14.5. The summed E-state index contributed by atoms with van der Waals surface area (Å²) < 4.78 is 12.3. The lowest BCUT2D eigenvalue weighted by atomic mass is 9.78. The van der Waals surface area contributed by atoms with Gasteiger partial charge in [0.15, 0.2) is 0 Å². The average molecular weight is 331 g/mol. The summed E-state index contributed by atoms with van der Waals surface area (Å²) in [6.45, 7) is 10.3. The number of hydrogen-bond acceptors (Lipinski definition) is 4. The molecule has 2 aliphatic rings. The molecule has 0 aliphatic carbocycles. The molecule has 0 radical (unpaired) electrons. The first-order valence-electron chi connectivity index (χ1n) is 8.32. The predicted molar refractivity (Wildman–Crippen MR) is 99.8 cm³/mol. The second kappa shape index (κ2) is 6.28. The van der Waals surface area contributed by atoms with Crippen molar-refractivity contribution in [2.45, 2.75) is 51.9 Å². The van der Waals surface area contributed by atoms with Gasteiger partial charge in [0.1, 0.15) is 0 Å². The zero-order valence-corrected chi connectivity index (χ0v) is 15.4. The summed E-state index contributed by atoms with van der Waals surface area (Å²) in [5, 5.41) is 3.41. The molecular formula is C18H26BNO2S. The SMILES string of the molecule is CC1(C)OB(C(=Cc2ccc3c(c2)CCNC3)CS)OC1(C)C. The molecule has 3 rings (SSSR count). The Morgan fingerprint density at radius 1 is 1.22 bits per heavy atom. The van der Waals surface area contributed by atoms with Crippen LogP contribution in [-0.2, 0) is 22.3 Å². The molecule has 1 aromatic rings. The highest BCUT2D eigenvalue weighted by Crippen LogP contribution is 2.39.